The number of benzene rings is 1. The van der Waals surface area contributed by atoms with Gasteiger partial charge in [-0.25, -0.2) is 4.68 Å². The number of thioether (sulfide) groups is 1. The Morgan fingerprint density at radius 2 is 2.24 bits per heavy atom. The molecule has 1 heterocycles. The predicted octanol–water partition coefficient (Wildman–Crippen LogP) is 3.38. The molecule has 1 amide bonds. The van der Waals surface area contributed by atoms with Crippen LogP contribution in [0.4, 0.5) is 14.5 Å². The Morgan fingerprint density at radius 1 is 1.48 bits per heavy atom. The van der Waals surface area contributed by atoms with Crippen molar-refractivity contribution in [2.75, 3.05) is 5.32 Å². The molecule has 1 aromatic carbocycles. The van der Waals surface area contributed by atoms with Crippen molar-refractivity contribution >= 4 is 35.0 Å². The first-order valence-electron chi connectivity index (χ1n) is 7.44. The first-order chi connectivity index (χ1) is 11.9. The minimum atomic E-state index is -2.97. The summed E-state index contributed by atoms with van der Waals surface area (Å²) in [5, 5.41) is 14.3. The van der Waals surface area contributed by atoms with Gasteiger partial charge in [-0.15, -0.1) is 5.10 Å². The second kappa shape index (κ2) is 7.52. The molecule has 1 saturated carbocycles. The van der Waals surface area contributed by atoms with Crippen molar-refractivity contribution in [1.29, 1.82) is 0 Å². The summed E-state index contributed by atoms with van der Waals surface area (Å²) in [5.74, 6) is -0.436. The molecule has 7 nitrogen and oxygen atoms in total. The lowest BCUT2D eigenvalue weighted by Gasteiger charge is -2.13. The molecule has 0 unspecified atom stereocenters. The number of nitrogens with one attached hydrogen (secondary N) is 1. The number of nitrogens with zero attached hydrogens (tertiary/aromatic N) is 4. The topological polar surface area (TPSA) is 81.9 Å². The van der Waals surface area contributed by atoms with E-state index in [1.165, 1.54) is 30.0 Å². The van der Waals surface area contributed by atoms with Crippen LogP contribution < -0.4 is 10.1 Å². The fourth-order valence-corrected chi connectivity index (χ4v) is 3.12. The second-order valence-corrected chi connectivity index (χ2v) is 7.13. The maximum Gasteiger partial charge on any atom is 0.387 e. The van der Waals surface area contributed by atoms with Gasteiger partial charge in [0, 0.05) is 5.69 Å². The average Bonchev–Trinajstić information content (AvgIpc) is 3.29. The highest BCUT2D eigenvalue weighted by molar-refractivity contribution is 8.00. The monoisotopic (exact) mass is 389 g/mol. The van der Waals surface area contributed by atoms with E-state index < -0.39 is 11.9 Å². The van der Waals surface area contributed by atoms with Crippen molar-refractivity contribution in [3.05, 3.63) is 23.2 Å². The van der Waals surface area contributed by atoms with Crippen LogP contribution in [0.25, 0.3) is 0 Å². The lowest BCUT2D eigenvalue weighted by Crippen LogP contribution is -2.23. The Morgan fingerprint density at radius 3 is 2.88 bits per heavy atom. The highest BCUT2D eigenvalue weighted by atomic mass is 35.5. The van der Waals surface area contributed by atoms with E-state index in [1.807, 2.05) is 0 Å². The lowest BCUT2D eigenvalue weighted by molar-refractivity contribution is -0.115. The van der Waals surface area contributed by atoms with Gasteiger partial charge in [0.1, 0.15) is 5.75 Å². The normalized spacial score (nSPS) is 15.2. The third-order valence-corrected chi connectivity index (χ3v) is 4.76. The number of amides is 1. The molecule has 25 heavy (non-hydrogen) atoms. The minimum absolute atomic E-state index is 0.0175. The molecule has 0 saturated heterocycles. The van der Waals surface area contributed by atoms with Crippen molar-refractivity contribution in [1.82, 2.24) is 20.2 Å². The Balaban J connectivity index is 1.61. The minimum Gasteiger partial charge on any atom is -0.433 e. The fraction of sp³-hybridized carbons (Fsp3) is 0.429. The molecule has 0 radical (unpaired) electrons. The number of alkyl halides is 2. The highest BCUT2D eigenvalue weighted by Gasteiger charge is 2.29. The van der Waals surface area contributed by atoms with Gasteiger partial charge in [-0.2, -0.15) is 8.78 Å². The van der Waals surface area contributed by atoms with Crippen LogP contribution in [0.2, 0.25) is 5.02 Å². The number of rotatable bonds is 7. The van der Waals surface area contributed by atoms with Gasteiger partial charge < -0.3 is 10.1 Å². The Labute approximate surface area is 151 Å². The smallest absolute Gasteiger partial charge is 0.387 e. The Kier molecular flexibility index (Phi) is 5.38. The first-order valence-corrected chi connectivity index (χ1v) is 8.69. The summed E-state index contributed by atoms with van der Waals surface area (Å²) in [6.07, 6.45) is 2.06. The van der Waals surface area contributed by atoms with Crippen LogP contribution >= 0.6 is 23.4 Å². The average molecular weight is 390 g/mol. The summed E-state index contributed by atoms with van der Waals surface area (Å²) in [6, 6.07) is 4.37. The van der Waals surface area contributed by atoms with E-state index in [0.717, 1.165) is 12.8 Å². The Hall–Kier alpha value is -1.94. The maximum absolute atomic E-state index is 12.3. The van der Waals surface area contributed by atoms with Gasteiger partial charge in [0.2, 0.25) is 11.1 Å². The molecular formula is C14H14ClF2N5O2S. The zero-order valence-corrected chi connectivity index (χ0v) is 14.6. The SMILES string of the molecule is C[C@@H](Sc1nnnn1C1CC1)C(=O)Nc1ccc(OC(F)F)c(Cl)c1. The van der Waals surface area contributed by atoms with Crippen LogP contribution in [0.1, 0.15) is 25.8 Å². The first kappa shape index (κ1) is 17.9. The third kappa shape index (κ3) is 4.57. The van der Waals surface area contributed by atoms with Crippen LogP contribution in [-0.4, -0.2) is 38.0 Å². The molecule has 1 aliphatic rings. The second-order valence-electron chi connectivity index (χ2n) is 5.41. The molecular weight excluding hydrogens is 376 g/mol. The molecule has 11 heteroatoms. The van der Waals surface area contributed by atoms with Gasteiger partial charge in [0.05, 0.1) is 16.3 Å². The molecule has 3 rings (SSSR count). The summed E-state index contributed by atoms with van der Waals surface area (Å²) < 4.78 is 30.4. The molecule has 0 spiro atoms. The highest BCUT2D eigenvalue weighted by Crippen LogP contribution is 2.37. The number of anilines is 1. The Bertz CT molecular complexity index is 771. The van der Waals surface area contributed by atoms with Gasteiger partial charge >= 0.3 is 6.61 Å². The number of ether oxygens (including phenoxy) is 1. The van der Waals surface area contributed by atoms with Crippen LogP contribution in [0.5, 0.6) is 5.75 Å². The fourth-order valence-electron chi connectivity index (χ4n) is 2.04. The van der Waals surface area contributed by atoms with Gasteiger partial charge in [-0.05, 0) is 48.4 Å². The van der Waals surface area contributed by atoms with Crippen molar-refractivity contribution in [3.63, 3.8) is 0 Å². The molecule has 1 fully saturated rings. The van der Waals surface area contributed by atoms with Crippen molar-refractivity contribution in [2.24, 2.45) is 0 Å². The quantitative estimate of drug-likeness (QED) is 0.731. The number of carbonyl (C=O) groups is 1. The predicted molar refractivity (Wildman–Crippen MR) is 88.1 cm³/mol. The van der Waals surface area contributed by atoms with Crippen LogP contribution in [0, 0.1) is 0 Å². The largest absolute Gasteiger partial charge is 0.433 e. The summed E-state index contributed by atoms with van der Waals surface area (Å²) in [7, 11) is 0. The van der Waals surface area contributed by atoms with Crippen molar-refractivity contribution in [2.45, 2.75) is 42.8 Å². The summed E-state index contributed by atoms with van der Waals surface area (Å²) in [5.41, 5.74) is 0.380. The molecule has 0 bridgehead atoms. The van der Waals surface area contributed by atoms with Crippen LogP contribution in [0.3, 0.4) is 0 Å². The summed E-state index contributed by atoms with van der Waals surface area (Å²) in [6.45, 7) is -1.24. The number of carbonyl (C=O) groups excluding carboxylic acids is 1. The third-order valence-electron chi connectivity index (χ3n) is 3.42. The van der Waals surface area contributed by atoms with Crippen molar-refractivity contribution < 1.29 is 18.3 Å². The van der Waals surface area contributed by atoms with E-state index in [4.69, 9.17) is 11.6 Å². The van der Waals surface area contributed by atoms with Gasteiger partial charge in [-0.3, -0.25) is 4.79 Å². The van der Waals surface area contributed by atoms with Crippen LogP contribution in [0.15, 0.2) is 23.4 Å². The number of hydrogen-bond donors (Lipinski definition) is 1. The van der Waals surface area contributed by atoms with E-state index >= 15 is 0 Å². The summed E-state index contributed by atoms with van der Waals surface area (Å²) in [4.78, 5) is 12.3. The molecule has 134 valence electrons. The van der Waals surface area contributed by atoms with E-state index in [-0.39, 0.29) is 16.7 Å². The van der Waals surface area contributed by atoms with Gasteiger partial charge in [0.25, 0.3) is 0 Å². The number of aromatic nitrogens is 4. The number of hydrogen-bond acceptors (Lipinski definition) is 6. The number of tetrazole rings is 1. The maximum atomic E-state index is 12.3. The van der Waals surface area contributed by atoms with Gasteiger partial charge in [-0.1, -0.05) is 23.4 Å². The van der Waals surface area contributed by atoms with E-state index in [2.05, 4.69) is 25.6 Å². The van der Waals surface area contributed by atoms with E-state index in [1.54, 1.807) is 11.6 Å². The number of halogens is 3. The molecule has 2 aromatic rings. The van der Waals surface area contributed by atoms with E-state index in [9.17, 15) is 13.6 Å². The van der Waals surface area contributed by atoms with Gasteiger partial charge in [0.15, 0.2) is 0 Å². The molecule has 1 aromatic heterocycles. The zero-order chi connectivity index (χ0) is 18.0. The molecule has 1 aliphatic carbocycles. The standard InChI is InChI=1S/C14H14ClF2N5O2S/c1-7(25-14-19-20-21-22(14)9-3-4-9)12(23)18-8-2-5-11(10(15)6-8)24-13(16)17/h2,5-7,9,13H,3-4H2,1H3,(H,18,23)/t7-/m1/s1. The molecule has 0 aliphatic heterocycles. The van der Waals surface area contributed by atoms with Crippen LogP contribution in [-0.2, 0) is 4.79 Å². The van der Waals surface area contributed by atoms with E-state index in [0.29, 0.717) is 16.9 Å². The summed E-state index contributed by atoms with van der Waals surface area (Å²) >= 11 is 7.12. The molecule has 1 N–H and O–H groups in total. The zero-order valence-electron chi connectivity index (χ0n) is 13.0. The lowest BCUT2D eigenvalue weighted by atomic mass is 10.3. The molecule has 1 atom stereocenters. The van der Waals surface area contributed by atoms with Crippen molar-refractivity contribution in [3.8, 4) is 5.75 Å².